The molecule has 20 heavy (non-hydrogen) atoms. The van der Waals surface area contributed by atoms with Gasteiger partial charge in [-0.3, -0.25) is 0 Å². The molecule has 1 N–H and O–H groups in total. The maximum atomic E-state index is 13.3. The summed E-state index contributed by atoms with van der Waals surface area (Å²) >= 11 is 3.40. The predicted octanol–water partition coefficient (Wildman–Crippen LogP) is 3.93. The highest BCUT2D eigenvalue weighted by molar-refractivity contribution is 9.10. The Balaban J connectivity index is 1.61. The highest BCUT2D eigenvalue weighted by Crippen LogP contribution is 2.29. The van der Waals surface area contributed by atoms with Crippen molar-refractivity contribution in [2.75, 3.05) is 6.54 Å². The van der Waals surface area contributed by atoms with E-state index in [1.165, 1.54) is 25.0 Å². The van der Waals surface area contributed by atoms with Crippen molar-refractivity contribution in [3.05, 3.63) is 40.6 Å². The summed E-state index contributed by atoms with van der Waals surface area (Å²) in [7, 11) is 0. The van der Waals surface area contributed by atoms with Crippen LogP contribution in [0.3, 0.4) is 0 Å². The smallest absolute Gasteiger partial charge is 0.194 e. The zero-order valence-corrected chi connectivity index (χ0v) is 12.6. The van der Waals surface area contributed by atoms with Gasteiger partial charge in [-0.2, -0.15) is 0 Å². The summed E-state index contributed by atoms with van der Waals surface area (Å²) in [5.41, 5.74) is 0.694. The Morgan fingerprint density at radius 2 is 2.25 bits per heavy atom. The number of aryl methyl sites for hydroxylation is 1. The van der Waals surface area contributed by atoms with E-state index in [0.717, 1.165) is 29.9 Å². The highest BCUT2D eigenvalue weighted by atomic mass is 79.9. The molecule has 1 saturated carbocycles. The van der Waals surface area contributed by atoms with Crippen LogP contribution < -0.4 is 5.32 Å². The minimum Gasteiger partial charge on any atom is -0.441 e. The summed E-state index contributed by atoms with van der Waals surface area (Å²) in [6, 6.07) is 5.27. The molecule has 0 saturated heterocycles. The molecule has 0 amide bonds. The summed E-state index contributed by atoms with van der Waals surface area (Å²) in [6.07, 6.45) is 6.06. The third-order valence-electron chi connectivity index (χ3n) is 3.33. The van der Waals surface area contributed by atoms with Crippen LogP contribution in [0, 0.1) is 5.82 Å². The summed E-state index contributed by atoms with van der Waals surface area (Å²) in [5, 5.41) is 3.46. The van der Waals surface area contributed by atoms with Gasteiger partial charge in [0.2, 0.25) is 0 Å². The van der Waals surface area contributed by atoms with E-state index in [1.54, 1.807) is 12.3 Å². The summed E-state index contributed by atoms with van der Waals surface area (Å²) < 4.78 is 19.8. The molecule has 0 bridgehead atoms. The standard InChI is InChI=1S/C15H16BrFN2O/c16-13-6-3-10(17)8-12(13)14-9-19-15(20-14)2-1-7-18-11-4-5-11/h3,6,8-9,11,18H,1-2,4-5,7H2. The van der Waals surface area contributed by atoms with Crippen molar-refractivity contribution < 1.29 is 8.81 Å². The molecule has 5 heteroatoms. The first-order valence-corrected chi connectivity index (χ1v) is 7.65. The molecular weight excluding hydrogens is 323 g/mol. The number of hydrogen-bond acceptors (Lipinski definition) is 3. The Hall–Kier alpha value is -1.20. The maximum absolute atomic E-state index is 13.3. The number of nitrogens with zero attached hydrogens (tertiary/aromatic N) is 1. The van der Waals surface area contributed by atoms with E-state index in [9.17, 15) is 4.39 Å². The lowest BCUT2D eigenvalue weighted by Crippen LogP contribution is -2.17. The zero-order valence-electron chi connectivity index (χ0n) is 11.0. The van der Waals surface area contributed by atoms with Crippen LogP contribution in [0.2, 0.25) is 0 Å². The van der Waals surface area contributed by atoms with Gasteiger partial charge in [-0.25, -0.2) is 9.37 Å². The SMILES string of the molecule is Fc1ccc(Br)c(-c2cnc(CCCNC3CC3)o2)c1. The van der Waals surface area contributed by atoms with Gasteiger partial charge in [-0.05, 0) is 44.0 Å². The quantitative estimate of drug-likeness (QED) is 0.811. The first-order chi connectivity index (χ1) is 9.72. The van der Waals surface area contributed by atoms with Crippen LogP contribution in [-0.4, -0.2) is 17.6 Å². The van der Waals surface area contributed by atoms with Gasteiger partial charge in [0.15, 0.2) is 11.7 Å². The molecule has 1 aliphatic rings. The summed E-state index contributed by atoms with van der Waals surface area (Å²) in [4.78, 5) is 4.26. The van der Waals surface area contributed by atoms with E-state index in [-0.39, 0.29) is 5.82 Å². The fourth-order valence-electron chi connectivity index (χ4n) is 2.07. The van der Waals surface area contributed by atoms with Crippen LogP contribution in [0.4, 0.5) is 4.39 Å². The molecule has 1 heterocycles. The lowest BCUT2D eigenvalue weighted by Gasteiger charge is -2.01. The van der Waals surface area contributed by atoms with Crippen molar-refractivity contribution in [3.8, 4) is 11.3 Å². The first-order valence-electron chi connectivity index (χ1n) is 6.86. The fourth-order valence-corrected chi connectivity index (χ4v) is 2.51. The molecular formula is C15H16BrFN2O. The Kier molecular flexibility index (Phi) is 4.17. The Labute approximate surface area is 125 Å². The van der Waals surface area contributed by atoms with Gasteiger partial charge in [0.25, 0.3) is 0 Å². The highest BCUT2D eigenvalue weighted by Gasteiger charge is 2.19. The molecule has 1 aliphatic carbocycles. The van der Waals surface area contributed by atoms with Crippen LogP contribution >= 0.6 is 15.9 Å². The molecule has 2 aromatic rings. The van der Waals surface area contributed by atoms with Crippen molar-refractivity contribution in [2.45, 2.75) is 31.7 Å². The van der Waals surface area contributed by atoms with Gasteiger partial charge in [-0.15, -0.1) is 0 Å². The number of rotatable bonds is 6. The summed E-state index contributed by atoms with van der Waals surface area (Å²) in [5.74, 6) is 1.02. The monoisotopic (exact) mass is 338 g/mol. The number of benzene rings is 1. The van der Waals surface area contributed by atoms with Crippen LogP contribution in [0.1, 0.15) is 25.2 Å². The predicted molar refractivity (Wildman–Crippen MR) is 78.9 cm³/mol. The second-order valence-corrected chi connectivity index (χ2v) is 5.93. The van der Waals surface area contributed by atoms with E-state index in [2.05, 4.69) is 26.2 Å². The number of halogens is 2. The molecule has 1 aromatic heterocycles. The van der Waals surface area contributed by atoms with Gasteiger partial charge in [-0.1, -0.05) is 15.9 Å². The average molecular weight is 339 g/mol. The van der Waals surface area contributed by atoms with Crippen LogP contribution in [0.15, 0.2) is 33.3 Å². The second kappa shape index (κ2) is 6.06. The Morgan fingerprint density at radius 1 is 1.40 bits per heavy atom. The third-order valence-corrected chi connectivity index (χ3v) is 4.02. The third kappa shape index (κ3) is 3.46. The topological polar surface area (TPSA) is 38.1 Å². The number of nitrogens with one attached hydrogen (secondary N) is 1. The minimum atomic E-state index is -0.283. The van der Waals surface area contributed by atoms with Crippen molar-refractivity contribution >= 4 is 15.9 Å². The van der Waals surface area contributed by atoms with Crippen molar-refractivity contribution in [2.24, 2.45) is 0 Å². The maximum Gasteiger partial charge on any atom is 0.194 e. The number of aromatic nitrogens is 1. The molecule has 3 nitrogen and oxygen atoms in total. The van der Waals surface area contributed by atoms with Crippen molar-refractivity contribution in [1.29, 1.82) is 0 Å². The molecule has 0 aliphatic heterocycles. The average Bonchev–Trinajstić information content (AvgIpc) is 3.15. The summed E-state index contributed by atoms with van der Waals surface area (Å²) in [6.45, 7) is 0.992. The van der Waals surface area contributed by atoms with E-state index in [0.29, 0.717) is 17.2 Å². The lowest BCUT2D eigenvalue weighted by atomic mass is 10.2. The largest absolute Gasteiger partial charge is 0.441 e. The van der Waals surface area contributed by atoms with Gasteiger partial charge >= 0.3 is 0 Å². The van der Waals surface area contributed by atoms with Crippen LogP contribution in [0.5, 0.6) is 0 Å². The fraction of sp³-hybridized carbons (Fsp3) is 0.400. The van der Waals surface area contributed by atoms with E-state index >= 15 is 0 Å². The molecule has 1 fully saturated rings. The second-order valence-electron chi connectivity index (χ2n) is 5.07. The molecule has 106 valence electrons. The lowest BCUT2D eigenvalue weighted by molar-refractivity contribution is 0.491. The van der Waals surface area contributed by atoms with E-state index in [4.69, 9.17) is 4.42 Å². The zero-order chi connectivity index (χ0) is 13.9. The van der Waals surface area contributed by atoms with Gasteiger partial charge in [0, 0.05) is 22.5 Å². The molecule has 0 unspecified atom stereocenters. The van der Waals surface area contributed by atoms with E-state index < -0.39 is 0 Å². The number of hydrogen-bond donors (Lipinski definition) is 1. The van der Waals surface area contributed by atoms with Gasteiger partial charge in [0.05, 0.1) is 6.20 Å². The molecule has 3 rings (SSSR count). The normalized spacial score (nSPS) is 14.7. The molecule has 0 radical (unpaired) electrons. The first kappa shape index (κ1) is 13.8. The van der Waals surface area contributed by atoms with Crippen molar-refractivity contribution in [1.82, 2.24) is 10.3 Å². The Bertz CT molecular complexity index is 595. The Morgan fingerprint density at radius 3 is 3.05 bits per heavy atom. The molecule has 1 aromatic carbocycles. The van der Waals surface area contributed by atoms with Crippen molar-refractivity contribution in [3.63, 3.8) is 0 Å². The van der Waals surface area contributed by atoms with Gasteiger partial charge in [0.1, 0.15) is 5.82 Å². The molecule has 0 atom stereocenters. The van der Waals surface area contributed by atoms with E-state index in [1.807, 2.05) is 0 Å². The van der Waals surface area contributed by atoms with Gasteiger partial charge < -0.3 is 9.73 Å². The molecule has 0 spiro atoms. The minimum absolute atomic E-state index is 0.283. The van der Waals surface area contributed by atoms with Crippen LogP contribution in [-0.2, 0) is 6.42 Å². The number of oxazole rings is 1. The van der Waals surface area contributed by atoms with Crippen LogP contribution in [0.25, 0.3) is 11.3 Å².